The van der Waals surface area contributed by atoms with Gasteiger partial charge in [0.25, 0.3) is 0 Å². The van der Waals surface area contributed by atoms with E-state index in [1.807, 2.05) is 6.07 Å². The van der Waals surface area contributed by atoms with Crippen molar-refractivity contribution in [1.29, 1.82) is 5.26 Å². The molecule has 1 fully saturated rings. The Kier molecular flexibility index (Phi) is 4.14. The van der Waals surface area contributed by atoms with Crippen LogP contribution >= 0.6 is 0 Å². The molecule has 1 saturated heterocycles. The molecule has 0 bridgehead atoms. The van der Waals surface area contributed by atoms with Gasteiger partial charge < -0.3 is 10.2 Å². The number of carbonyl (C=O) groups excluding carboxylic acids is 2. The molecule has 0 aromatic heterocycles. The van der Waals surface area contributed by atoms with Crippen molar-refractivity contribution in [3.8, 4) is 6.07 Å². The van der Waals surface area contributed by atoms with Gasteiger partial charge in [0.05, 0.1) is 18.2 Å². The predicted octanol–water partition coefficient (Wildman–Crippen LogP) is 1.51. The van der Waals surface area contributed by atoms with Crippen molar-refractivity contribution >= 4 is 17.5 Å². The highest BCUT2D eigenvalue weighted by Gasteiger charge is 2.20. The minimum Gasteiger partial charge on any atom is -0.333 e. The topological polar surface area (TPSA) is 73.2 Å². The number of hydrogen-bond donors (Lipinski definition) is 1. The van der Waals surface area contributed by atoms with Gasteiger partial charge in [-0.05, 0) is 37.1 Å². The minimum absolute atomic E-state index is 0.0428. The number of hydrogen-bond acceptors (Lipinski definition) is 3. The first-order valence-corrected chi connectivity index (χ1v) is 6.27. The minimum atomic E-state index is -0.208. The Labute approximate surface area is 111 Å². The van der Waals surface area contributed by atoms with Crippen molar-refractivity contribution in [2.75, 3.05) is 18.4 Å². The molecule has 1 aliphatic rings. The van der Waals surface area contributed by atoms with Crippen molar-refractivity contribution < 1.29 is 9.59 Å². The van der Waals surface area contributed by atoms with E-state index >= 15 is 0 Å². The number of anilines is 1. The van der Waals surface area contributed by atoms with Gasteiger partial charge in [-0.15, -0.1) is 0 Å². The van der Waals surface area contributed by atoms with Crippen LogP contribution in [0.2, 0.25) is 0 Å². The van der Waals surface area contributed by atoms with Crippen molar-refractivity contribution in [3.05, 3.63) is 29.8 Å². The largest absolute Gasteiger partial charge is 0.333 e. The molecular weight excluding hydrogens is 242 g/mol. The summed E-state index contributed by atoms with van der Waals surface area (Å²) in [5.41, 5.74) is 1.18. The molecule has 0 unspecified atom stereocenters. The van der Waals surface area contributed by atoms with Crippen LogP contribution in [0, 0.1) is 11.3 Å². The molecule has 0 spiro atoms. The average Bonchev–Trinajstić information content (AvgIpc) is 2.42. The summed E-state index contributed by atoms with van der Waals surface area (Å²) in [4.78, 5) is 25.0. The van der Waals surface area contributed by atoms with E-state index in [4.69, 9.17) is 5.26 Å². The number of likely N-dealkylation sites (tertiary alicyclic amines) is 1. The van der Waals surface area contributed by atoms with Crippen LogP contribution < -0.4 is 5.32 Å². The van der Waals surface area contributed by atoms with E-state index in [2.05, 4.69) is 5.32 Å². The lowest BCUT2D eigenvalue weighted by Crippen LogP contribution is -2.40. The third-order valence-corrected chi connectivity index (χ3v) is 3.05. The van der Waals surface area contributed by atoms with Crippen LogP contribution in [0.25, 0.3) is 0 Å². The highest BCUT2D eigenvalue weighted by atomic mass is 16.2. The molecule has 98 valence electrons. The third-order valence-electron chi connectivity index (χ3n) is 3.05. The van der Waals surface area contributed by atoms with E-state index in [1.54, 1.807) is 29.2 Å². The Morgan fingerprint density at radius 2 is 2.05 bits per heavy atom. The molecule has 1 aromatic carbocycles. The molecule has 2 rings (SSSR count). The highest BCUT2D eigenvalue weighted by Crippen LogP contribution is 2.12. The molecule has 0 aliphatic carbocycles. The molecule has 1 aliphatic heterocycles. The molecule has 2 amide bonds. The Bertz CT molecular complexity index is 516. The van der Waals surface area contributed by atoms with E-state index in [9.17, 15) is 9.59 Å². The van der Waals surface area contributed by atoms with Crippen molar-refractivity contribution in [1.82, 2.24) is 4.90 Å². The molecule has 0 atom stereocenters. The lowest BCUT2D eigenvalue weighted by atomic mass is 10.1. The zero-order valence-corrected chi connectivity index (χ0v) is 10.6. The number of piperidine rings is 1. The quantitative estimate of drug-likeness (QED) is 0.892. The van der Waals surface area contributed by atoms with E-state index in [-0.39, 0.29) is 18.4 Å². The van der Waals surface area contributed by atoms with Crippen LogP contribution in [0.3, 0.4) is 0 Å². The maximum absolute atomic E-state index is 11.8. The summed E-state index contributed by atoms with van der Waals surface area (Å²) in [5, 5.41) is 11.4. The Hall–Kier alpha value is -2.35. The number of rotatable bonds is 3. The fourth-order valence-corrected chi connectivity index (χ4v) is 2.03. The Morgan fingerprint density at radius 1 is 1.32 bits per heavy atom. The molecule has 1 aromatic rings. The van der Waals surface area contributed by atoms with Crippen molar-refractivity contribution in [2.24, 2.45) is 0 Å². The highest BCUT2D eigenvalue weighted by molar-refractivity contribution is 5.94. The van der Waals surface area contributed by atoms with Gasteiger partial charge in [-0.3, -0.25) is 9.59 Å². The van der Waals surface area contributed by atoms with Crippen LogP contribution in [-0.2, 0) is 9.59 Å². The summed E-state index contributed by atoms with van der Waals surface area (Å²) < 4.78 is 0. The number of amides is 2. The SMILES string of the molecule is N#Cc1ccc(NC(=O)CN2CCCCC2=O)cc1. The third kappa shape index (κ3) is 3.55. The normalized spacial score (nSPS) is 14.9. The maximum Gasteiger partial charge on any atom is 0.243 e. The number of nitrogens with zero attached hydrogens (tertiary/aromatic N) is 2. The second-order valence-electron chi connectivity index (χ2n) is 4.51. The summed E-state index contributed by atoms with van der Waals surface area (Å²) in [5.74, 6) is -0.166. The predicted molar refractivity (Wildman–Crippen MR) is 70.2 cm³/mol. The van der Waals surface area contributed by atoms with E-state index in [0.717, 1.165) is 12.8 Å². The smallest absolute Gasteiger partial charge is 0.243 e. The zero-order valence-electron chi connectivity index (χ0n) is 10.6. The molecule has 1 heterocycles. The monoisotopic (exact) mass is 257 g/mol. The second-order valence-corrected chi connectivity index (χ2v) is 4.51. The zero-order chi connectivity index (χ0) is 13.7. The van der Waals surface area contributed by atoms with Gasteiger partial charge in [-0.1, -0.05) is 0 Å². The molecule has 0 radical (unpaired) electrons. The van der Waals surface area contributed by atoms with Crippen LogP contribution in [0.1, 0.15) is 24.8 Å². The first-order chi connectivity index (χ1) is 9.19. The fraction of sp³-hybridized carbons (Fsp3) is 0.357. The van der Waals surface area contributed by atoms with Gasteiger partial charge in [-0.25, -0.2) is 0 Å². The maximum atomic E-state index is 11.8. The summed E-state index contributed by atoms with van der Waals surface area (Å²) in [6.07, 6.45) is 2.40. The lowest BCUT2D eigenvalue weighted by Gasteiger charge is -2.25. The average molecular weight is 257 g/mol. The summed E-state index contributed by atoms with van der Waals surface area (Å²) in [7, 11) is 0. The van der Waals surface area contributed by atoms with Crippen molar-refractivity contribution in [3.63, 3.8) is 0 Å². The van der Waals surface area contributed by atoms with Gasteiger partial charge in [0.2, 0.25) is 11.8 Å². The lowest BCUT2D eigenvalue weighted by molar-refractivity contribution is -0.136. The fourth-order valence-electron chi connectivity index (χ4n) is 2.03. The number of benzene rings is 1. The summed E-state index contributed by atoms with van der Waals surface area (Å²) in [6, 6.07) is 8.64. The Morgan fingerprint density at radius 3 is 2.68 bits per heavy atom. The molecular formula is C14H15N3O2. The van der Waals surface area contributed by atoms with Crippen LogP contribution in [0.15, 0.2) is 24.3 Å². The molecule has 19 heavy (non-hydrogen) atoms. The summed E-state index contributed by atoms with van der Waals surface area (Å²) >= 11 is 0. The molecule has 5 nitrogen and oxygen atoms in total. The Balaban J connectivity index is 1.89. The molecule has 1 N–H and O–H groups in total. The van der Waals surface area contributed by atoms with Crippen LogP contribution in [-0.4, -0.2) is 29.8 Å². The summed E-state index contributed by atoms with van der Waals surface area (Å²) in [6.45, 7) is 0.748. The van der Waals surface area contributed by atoms with E-state index in [1.165, 1.54) is 0 Å². The van der Waals surface area contributed by atoms with E-state index < -0.39 is 0 Å². The van der Waals surface area contributed by atoms with Gasteiger partial charge in [0, 0.05) is 18.7 Å². The van der Waals surface area contributed by atoms with Gasteiger partial charge in [0.15, 0.2) is 0 Å². The first-order valence-electron chi connectivity index (χ1n) is 6.27. The molecule has 5 heteroatoms. The molecule has 0 saturated carbocycles. The van der Waals surface area contributed by atoms with Gasteiger partial charge in [-0.2, -0.15) is 5.26 Å². The first kappa shape index (κ1) is 13.1. The van der Waals surface area contributed by atoms with Crippen LogP contribution in [0.5, 0.6) is 0 Å². The number of nitriles is 1. The number of nitrogens with one attached hydrogen (secondary N) is 1. The van der Waals surface area contributed by atoms with Gasteiger partial charge in [0.1, 0.15) is 0 Å². The van der Waals surface area contributed by atoms with Crippen LogP contribution in [0.4, 0.5) is 5.69 Å². The van der Waals surface area contributed by atoms with E-state index in [0.29, 0.717) is 24.2 Å². The standard InChI is InChI=1S/C14H15N3O2/c15-9-11-4-6-12(7-5-11)16-13(18)10-17-8-2-1-3-14(17)19/h4-7H,1-3,8,10H2,(H,16,18). The van der Waals surface area contributed by atoms with Crippen molar-refractivity contribution in [2.45, 2.75) is 19.3 Å². The number of carbonyl (C=O) groups is 2. The van der Waals surface area contributed by atoms with Gasteiger partial charge >= 0.3 is 0 Å². The second kappa shape index (κ2) is 6.01.